The van der Waals surface area contributed by atoms with Crippen LogP contribution in [0.2, 0.25) is 0 Å². The maximum Gasteiger partial charge on any atom is 0.354 e. The zero-order valence-electron chi connectivity index (χ0n) is 10.2. The van der Waals surface area contributed by atoms with E-state index in [1.807, 2.05) is 0 Å². The maximum atomic E-state index is 10.9. The van der Waals surface area contributed by atoms with E-state index in [4.69, 9.17) is 20.7 Å². The fourth-order valence-electron chi connectivity index (χ4n) is 1.48. The minimum absolute atomic E-state index is 0.0812. The summed E-state index contributed by atoms with van der Waals surface area (Å²) < 4.78 is 4.95. The number of aliphatic hydroxyl groups excluding tert-OH is 1. The van der Waals surface area contributed by atoms with Crippen molar-refractivity contribution in [1.29, 1.82) is 0 Å². The summed E-state index contributed by atoms with van der Waals surface area (Å²) in [5, 5.41) is 17.9. The van der Waals surface area contributed by atoms with E-state index in [0.29, 0.717) is 31.2 Å². The van der Waals surface area contributed by atoms with Crippen LogP contribution in [0, 0.1) is 0 Å². The Kier molecular flexibility index (Phi) is 5.34. The van der Waals surface area contributed by atoms with E-state index >= 15 is 0 Å². The van der Waals surface area contributed by atoms with E-state index in [9.17, 15) is 4.79 Å². The molecule has 18 heavy (non-hydrogen) atoms. The van der Waals surface area contributed by atoms with Gasteiger partial charge < -0.3 is 25.6 Å². The van der Waals surface area contributed by atoms with E-state index in [-0.39, 0.29) is 12.3 Å². The molecule has 7 heteroatoms. The summed E-state index contributed by atoms with van der Waals surface area (Å²) in [6.07, 6.45) is 0. The van der Waals surface area contributed by atoms with Gasteiger partial charge in [-0.2, -0.15) is 0 Å². The van der Waals surface area contributed by atoms with Gasteiger partial charge in [-0.15, -0.1) is 0 Å². The molecule has 1 aromatic rings. The number of methoxy groups -OCH3 is 1. The molecule has 1 rings (SSSR count). The average Bonchev–Trinajstić information content (AvgIpc) is 2.35. The Morgan fingerprint density at radius 3 is 2.78 bits per heavy atom. The number of ether oxygens (including phenoxy) is 1. The number of aromatic carboxylic acids is 1. The number of carboxylic acid groups (broad SMARTS) is 1. The van der Waals surface area contributed by atoms with E-state index in [0.717, 1.165) is 0 Å². The van der Waals surface area contributed by atoms with E-state index < -0.39 is 5.97 Å². The number of hydrogen-bond donors (Lipinski definition) is 3. The van der Waals surface area contributed by atoms with Crippen molar-refractivity contribution in [3.63, 3.8) is 0 Å². The van der Waals surface area contributed by atoms with Crippen molar-refractivity contribution in [1.82, 2.24) is 4.98 Å². The lowest BCUT2D eigenvalue weighted by molar-refractivity contribution is 0.0690. The lowest BCUT2D eigenvalue weighted by atomic mass is 10.3. The molecule has 1 heterocycles. The second-order valence-electron chi connectivity index (χ2n) is 3.62. The third kappa shape index (κ3) is 3.57. The Morgan fingerprint density at radius 1 is 1.50 bits per heavy atom. The number of carboxylic acids is 1. The number of carbonyl (C=O) groups is 1. The quantitative estimate of drug-likeness (QED) is 0.619. The highest BCUT2D eigenvalue weighted by atomic mass is 16.5. The molecule has 0 aliphatic carbocycles. The highest BCUT2D eigenvalue weighted by molar-refractivity contribution is 5.87. The van der Waals surface area contributed by atoms with Crippen LogP contribution < -0.4 is 10.6 Å². The number of nitrogen functional groups attached to an aromatic ring is 1. The molecule has 0 aliphatic rings. The van der Waals surface area contributed by atoms with Gasteiger partial charge in [0, 0.05) is 20.2 Å². The summed E-state index contributed by atoms with van der Waals surface area (Å²) in [5.74, 6) is -0.770. The first kappa shape index (κ1) is 14.2. The van der Waals surface area contributed by atoms with Crippen LogP contribution in [-0.4, -0.2) is 54.6 Å². The van der Waals surface area contributed by atoms with Gasteiger partial charge in [0.1, 0.15) is 0 Å². The van der Waals surface area contributed by atoms with Crippen molar-refractivity contribution in [2.24, 2.45) is 0 Å². The zero-order chi connectivity index (χ0) is 13.5. The third-order valence-corrected chi connectivity index (χ3v) is 2.36. The molecule has 0 aliphatic heterocycles. The maximum absolute atomic E-state index is 10.9. The second kappa shape index (κ2) is 6.77. The monoisotopic (exact) mass is 255 g/mol. The van der Waals surface area contributed by atoms with Crippen LogP contribution in [0.15, 0.2) is 12.1 Å². The van der Waals surface area contributed by atoms with Gasteiger partial charge >= 0.3 is 5.97 Å². The van der Waals surface area contributed by atoms with Gasteiger partial charge in [0.05, 0.1) is 18.9 Å². The SMILES string of the molecule is COCCN(CCO)c1nc(C(=O)O)ccc1N. The van der Waals surface area contributed by atoms with Crippen LogP contribution in [-0.2, 0) is 4.74 Å². The molecule has 100 valence electrons. The van der Waals surface area contributed by atoms with Crippen molar-refractivity contribution in [2.75, 3.05) is 44.0 Å². The van der Waals surface area contributed by atoms with Crippen molar-refractivity contribution >= 4 is 17.5 Å². The molecule has 0 aromatic carbocycles. The van der Waals surface area contributed by atoms with Crippen molar-refractivity contribution in [2.45, 2.75) is 0 Å². The standard InChI is InChI=1S/C11H17N3O4/c1-18-7-5-14(4-6-15)10-8(12)2-3-9(13-10)11(16)17/h2-3,15H,4-7,12H2,1H3,(H,16,17). The zero-order valence-corrected chi connectivity index (χ0v) is 10.2. The first-order valence-electron chi connectivity index (χ1n) is 5.44. The van der Waals surface area contributed by atoms with E-state index in [1.165, 1.54) is 12.1 Å². The molecule has 0 unspecified atom stereocenters. The van der Waals surface area contributed by atoms with Crippen molar-refractivity contribution in [3.8, 4) is 0 Å². The van der Waals surface area contributed by atoms with Crippen LogP contribution in [0.1, 0.15) is 10.5 Å². The third-order valence-electron chi connectivity index (χ3n) is 2.36. The minimum atomic E-state index is -1.12. The molecule has 0 amide bonds. The summed E-state index contributed by atoms with van der Waals surface area (Å²) >= 11 is 0. The van der Waals surface area contributed by atoms with Gasteiger partial charge in [-0.05, 0) is 12.1 Å². The van der Waals surface area contributed by atoms with Crippen LogP contribution in [0.5, 0.6) is 0 Å². The van der Waals surface area contributed by atoms with Crippen LogP contribution in [0.25, 0.3) is 0 Å². The van der Waals surface area contributed by atoms with Gasteiger partial charge in [-0.3, -0.25) is 0 Å². The van der Waals surface area contributed by atoms with Crippen molar-refractivity contribution < 1.29 is 19.7 Å². The highest BCUT2D eigenvalue weighted by Gasteiger charge is 2.14. The van der Waals surface area contributed by atoms with Crippen LogP contribution in [0.4, 0.5) is 11.5 Å². The lowest BCUT2D eigenvalue weighted by Crippen LogP contribution is -2.32. The van der Waals surface area contributed by atoms with Crippen LogP contribution >= 0.6 is 0 Å². The molecule has 4 N–H and O–H groups in total. The number of nitrogens with zero attached hydrogens (tertiary/aromatic N) is 2. The summed E-state index contributed by atoms with van der Waals surface area (Å²) in [6.45, 7) is 1.13. The van der Waals surface area contributed by atoms with Gasteiger partial charge in [-0.1, -0.05) is 0 Å². The Labute approximate surface area is 105 Å². The topological polar surface area (TPSA) is 109 Å². The van der Waals surface area contributed by atoms with Gasteiger partial charge in [-0.25, -0.2) is 9.78 Å². The Balaban J connectivity index is 3.01. The predicted octanol–water partition coefficient (Wildman–Crippen LogP) is -0.193. The molecule has 0 saturated carbocycles. The first-order chi connectivity index (χ1) is 8.60. The molecule has 0 saturated heterocycles. The molecular formula is C11H17N3O4. The highest BCUT2D eigenvalue weighted by Crippen LogP contribution is 2.20. The Morgan fingerprint density at radius 2 is 2.22 bits per heavy atom. The Hall–Kier alpha value is -1.86. The van der Waals surface area contributed by atoms with Crippen molar-refractivity contribution in [3.05, 3.63) is 17.8 Å². The number of rotatable bonds is 7. The molecular weight excluding hydrogens is 238 g/mol. The summed E-state index contributed by atoms with van der Waals surface area (Å²) in [4.78, 5) is 16.5. The van der Waals surface area contributed by atoms with Gasteiger partial charge in [0.15, 0.2) is 11.5 Å². The number of aromatic nitrogens is 1. The average molecular weight is 255 g/mol. The smallest absolute Gasteiger partial charge is 0.354 e. The lowest BCUT2D eigenvalue weighted by Gasteiger charge is -2.23. The molecule has 1 aromatic heterocycles. The second-order valence-corrected chi connectivity index (χ2v) is 3.62. The fraction of sp³-hybridized carbons (Fsp3) is 0.455. The minimum Gasteiger partial charge on any atom is -0.477 e. The summed E-state index contributed by atoms with van der Waals surface area (Å²) in [6, 6.07) is 2.83. The molecule has 0 radical (unpaired) electrons. The van der Waals surface area contributed by atoms with E-state index in [2.05, 4.69) is 4.98 Å². The number of aliphatic hydroxyl groups is 1. The normalized spacial score (nSPS) is 10.3. The molecule has 0 fully saturated rings. The first-order valence-corrected chi connectivity index (χ1v) is 5.44. The summed E-state index contributed by atoms with van der Waals surface area (Å²) in [7, 11) is 1.56. The Bertz CT molecular complexity index is 411. The fourth-order valence-corrected chi connectivity index (χ4v) is 1.48. The number of nitrogens with two attached hydrogens (primary N) is 1. The summed E-state index contributed by atoms with van der Waals surface area (Å²) in [5.41, 5.74) is 6.05. The van der Waals surface area contributed by atoms with Gasteiger partial charge in [0.25, 0.3) is 0 Å². The van der Waals surface area contributed by atoms with Crippen LogP contribution in [0.3, 0.4) is 0 Å². The predicted molar refractivity (Wildman–Crippen MR) is 66.8 cm³/mol. The largest absolute Gasteiger partial charge is 0.477 e. The molecule has 0 atom stereocenters. The number of pyridine rings is 1. The van der Waals surface area contributed by atoms with E-state index in [1.54, 1.807) is 12.0 Å². The molecule has 0 bridgehead atoms. The molecule has 0 spiro atoms. The number of anilines is 2. The number of hydrogen-bond acceptors (Lipinski definition) is 6. The van der Waals surface area contributed by atoms with Gasteiger partial charge in [0.2, 0.25) is 0 Å². The molecule has 7 nitrogen and oxygen atoms in total.